The summed E-state index contributed by atoms with van der Waals surface area (Å²) in [5, 5.41) is 10.0. The average molecular weight is 313 g/mol. The minimum Gasteiger partial charge on any atom is -0.507 e. The van der Waals surface area contributed by atoms with Crippen LogP contribution >= 0.6 is 0 Å². The molecule has 0 spiro atoms. The van der Waals surface area contributed by atoms with Crippen LogP contribution in [-0.4, -0.2) is 20.1 Å². The molecule has 1 aromatic heterocycles. The molecule has 0 aliphatic rings. The molecule has 2 rings (SSSR count). The molecule has 0 unspecified atom stereocenters. The van der Waals surface area contributed by atoms with Crippen molar-refractivity contribution in [1.29, 1.82) is 0 Å². The van der Waals surface area contributed by atoms with Gasteiger partial charge in [0.05, 0.1) is 5.56 Å². The molecule has 0 saturated carbocycles. The second-order valence-corrected chi connectivity index (χ2v) is 6.09. The highest BCUT2D eigenvalue weighted by atomic mass is 16.3. The van der Waals surface area contributed by atoms with E-state index in [1.165, 1.54) is 19.3 Å². The predicted octanol–water partition coefficient (Wildman–Crippen LogP) is 4.88. The molecule has 1 N–H and O–H groups in total. The number of phenols is 1. The van der Waals surface area contributed by atoms with Gasteiger partial charge < -0.3 is 5.11 Å². The van der Waals surface area contributed by atoms with E-state index in [0.29, 0.717) is 11.4 Å². The third-order valence-electron chi connectivity index (χ3n) is 4.80. The Bertz CT molecular complexity index is 624. The summed E-state index contributed by atoms with van der Waals surface area (Å²) >= 11 is 0. The Labute approximate surface area is 139 Å². The molecule has 0 saturated heterocycles. The highest BCUT2D eigenvalue weighted by molar-refractivity contribution is 5.63. The lowest BCUT2D eigenvalue weighted by Crippen LogP contribution is -2.27. The number of unbranched alkanes of at least 4 members (excludes halogenated alkanes) is 2. The van der Waals surface area contributed by atoms with Gasteiger partial charge in [-0.25, -0.2) is 15.0 Å². The molecule has 1 heterocycles. The van der Waals surface area contributed by atoms with E-state index >= 15 is 0 Å². The van der Waals surface area contributed by atoms with Crippen molar-refractivity contribution in [3.8, 4) is 17.1 Å². The number of nitrogens with zero attached hydrogens (tertiary/aromatic N) is 3. The predicted molar refractivity (Wildman–Crippen MR) is 93.3 cm³/mol. The van der Waals surface area contributed by atoms with Crippen molar-refractivity contribution in [2.45, 2.75) is 64.7 Å². The maximum atomic E-state index is 10.0. The highest BCUT2D eigenvalue weighted by Crippen LogP contribution is 2.36. The highest BCUT2D eigenvalue weighted by Gasteiger charge is 2.31. The third-order valence-corrected chi connectivity index (χ3v) is 4.80. The quantitative estimate of drug-likeness (QED) is 0.705. The summed E-state index contributed by atoms with van der Waals surface area (Å²) in [5.74, 6) is 1.61. The Morgan fingerprint density at radius 3 is 2.39 bits per heavy atom. The van der Waals surface area contributed by atoms with Gasteiger partial charge in [0.1, 0.15) is 17.9 Å². The van der Waals surface area contributed by atoms with Gasteiger partial charge in [0, 0.05) is 5.41 Å². The number of para-hydroxylation sites is 1. The average Bonchev–Trinajstić information content (AvgIpc) is 2.60. The molecule has 0 fully saturated rings. The zero-order valence-corrected chi connectivity index (χ0v) is 14.4. The van der Waals surface area contributed by atoms with E-state index in [1.807, 2.05) is 12.1 Å². The van der Waals surface area contributed by atoms with E-state index in [-0.39, 0.29) is 11.2 Å². The van der Waals surface area contributed by atoms with Crippen molar-refractivity contribution < 1.29 is 5.11 Å². The first-order chi connectivity index (χ1) is 11.2. The van der Waals surface area contributed by atoms with Crippen molar-refractivity contribution in [1.82, 2.24) is 15.0 Å². The zero-order chi connectivity index (χ0) is 16.7. The Kier molecular flexibility index (Phi) is 6.08. The lowest BCUT2D eigenvalue weighted by atomic mass is 9.77. The molecule has 0 aliphatic carbocycles. The Balaban J connectivity index is 2.38. The van der Waals surface area contributed by atoms with Crippen molar-refractivity contribution in [2.75, 3.05) is 0 Å². The Morgan fingerprint density at radius 2 is 1.74 bits per heavy atom. The SMILES string of the molecule is CCCCCC(CC)(CC)c1ncnc(-c2ccccc2O)n1. The van der Waals surface area contributed by atoms with E-state index in [4.69, 9.17) is 4.98 Å². The van der Waals surface area contributed by atoms with Gasteiger partial charge in [0.25, 0.3) is 0 Å². The zero-order valence-electron chi connectivity index (χ0n) is 14.4. The van der Waals surface area contributed by atoms with E-state index in [0.717, 1.165) is 25.1 Å². The lowest BCUT2D eigenvalue weighted by molar-refractivity contribution is 0.330. The maximum Gasteiger partial charge on any atom is 0.166 e. The first kappa shape index (κ1) is 17.4. The van der Waals surface area contributed by atoms with Gasteiger partial charge in [-0.3, -0.25) is 0 Å². The van der Waals surface area contributed by atoms with Crippen LogP contribution in [0.25, 0.3) is 11.4 Å². The number of hydrogen-bond acceptors (Lipinski definition) is 4. The van der Waals surface area contributed by atoms with Crippen LogP contribution in [0.1, 0.15) is 65.1 Å². The molecule has 0 aliphatic heterocycles. The van der Waals surface area contributed by atoms with Crippen LogP contribution in [0.4, 0.5) is 0 Å². The van der Waals surface area contributed by atoms with Gasteiger partial charge in [-0.1, -0.05) is 52.2 Å². The first-order valence-electron chi connectivity index (χ1n) is 8.64. The summed E-state index contributed by atoms with van der Waals surface area (Å²) in [6, 6.07) is 7.18. The second kappa shape index (κ2) is 8.04. The normalized spacial score (nSPS) is 11.6. The van der Waals surface area contributed by atoms with Crippen molar-refractivity contribution in [2.24, 2.45) is 0 Å². The van der Waals surface area contributed by atoms with Crippen LogP contribution in [0.3, 0.4) is 0 Å². The van der Waals surface area contributed by atoms with Crippen molar-refractivity contribution >= 4 is 0 Å². The fraction of sp³-hybridized carbons (Fsp3) is 0.526. The van der Waals surface area contributed by atoms with Crippen molar-refractivity contribution in [3.63, 3.8) is 0 Å². The third kappa shape index (κ3) is 3.87. The van der Waals surface area contributed by atoms with Crippen molar-refractivity contribution in [3.05, 3.63) is 36.4 Å². The number of hydrogen-bond donors (Lipinski definition) is 1. The summed E-state index contributed by atoms with van der Waals surface area (Å²) in [5.41, 5.74) is 0.655. The topological polar surface area (TPSA) is 58.9 Å². The van der Waals surface area contributed by atoms with Crippen LogP contribution in [0.5, 0.6) is 5.75 Å². The molecular formula is C19H27N3O. The molecule has 0 bridgehead atoms. The number of aromatic nitrogens is 3. The van der Waals surface area contributed by atoms with Gasteiger partial charge in [0.2, 0.25) is 0 Å². The lowest BCUT2D eigenvalue weighted by Gasteiger charge is -2.30. The summed E-state index contributed by atoms with van der Waals surface area (Å²) < 4.78 is 0. The van der Waals surface area contributed by atoms with E-state index in [9.17, 15) is 5.11 Å². The molecule has 4 heteroatoms. The standard InChI is InChI=1S/C19H27N3O/c1-4-7-10-13-19(5-2,6-3)18-21-14-20-17(22-18)15-11-8-9-12-16(15)23/h8-9,11-12,14,23H,4-7,10,13H2,1-3H3. The Hall–Kier alpha value is -1.97. The molecule has 1 aromatic carbocycles. The van der Waals surface area contributed by atoms with Crippen LogP contribution < -0.4 is 0 Å². The summed E-state index contributed by atoms with van der Waals surface area (Å²) in [6.07, 6.45) is 8.33. The largest absolute Gasteiger partial charge is 0.507 e. The van der Waals surface area contributed by atoms with Crippen LogP contribution in [-0.2, 0) is 5.41 Å². The number of benzene rings is 1. The number of aromatic hydroxyl groups is 1. The van der Waals surface area contributed by atoms with E-state index in [2.05, 4.69) is 30.7 Å². The minimum absolute atomic E-state index is 0.00272. The fourth-order valence-electron chi connectivity index (χ4n) is 3.09. The summed E-state index contributed by atoms with van der Waals surface area (Å²) in [6.45, 7) is 6.64. The van der Waals surface area contributed by atoms with Crippen LogP contribution in [0, 0.1) is 0 Å². The van der Waals surface area contributed by atoms with Gasteiger partial charge in [0.15, 0.2) is 5.82 Å². The first-order valence-corrected chi connectivity index (χ1v) is 8.64. The van der Waals surface area contributed by atoms with Gasteiger partial charge in [-0.15, -0.1) is 0 Å². The Morgan fingerprint density at radius 1 is 1.00 bits per heavy atom. The fourth-order valence-corrected chi connectivity index (χ4v) is 3.09. The number of rotatable bonds is 8. The van der Waals surface area contributed by atoms with E-state index < -0.39 is 0 Å². The molecule has 23 heavy (non-hydrogen) atoms. The van der Waals surface area contributed by atoms with Gasteiger partial charge in [-0.2, -0.15) is 0 Å². The molecule has 2 aromatic rings. The molecule has 4 nitrogen and oxygen atoms in total. The smallest absolute Gasteiger partial charge is 0.166 e. The minimum atomic E-state index is -0.00272. The molecule has 124 valence electrons. The molecule has 0 amide bonds. The van der Waals surface area contributed by atoms with Crippen LogP contribution in [0.2, 0.25) is 0 Å². The molecule has 0 radical (unpaired) electrons. The van der Waals surface area contributed by atoms with E-state index in [1.54, 1.807) is 18.5 Å². The maximum absolute atomic E-state index is 10.0. The summed E-state index contributed by atoms with van der Waals surface area (Å²) in [4.78, 5) is 13.5. The molecular weight excluding hydrogens is 286 g/mol. The monoisotopic (exact) mass is 313 g/mol. The number of phenolic OH excluding ortho intramolecular Hbond substituents is 1. The van der Waals surface area contributed by atoms with Gasteiger partial charge >= 0.3 is 0 Å². The van der Waals surface area contributed by atoms with Gasteiger partial charge in [-0.05, 0) is 31.4 Å². The second-order valence-electron chi connectivity index (χ2n) is 6.09. The van der Waals surface area contributed by atoms with Crippen LogP contribution in [0.15, 0.2) is 30.6 Å². The summed E-state index contributed by atoms with van der Waals surface area (Å²) in [7, 11) is 0. The molecule has 0 atom stereocenters.